The van der Waals surface area contributed by atoms with E-state index in [1.165, 1.54) is 0 Å². The zero-order chi connectivity index (χ0) is 9.84. The Balaban J connectivity index is 2.74. The summed E-state index contributed by atoms with van der Waals surface area (Å²) in [7, 11) is 0. The molecule has 1 aromatic carbocycles. The van der Waals surface area contributed by atoms with Crippen LogP contribution in [0.5, 0.6) is 0 Å². The molecule has 5 heteroatoms. The Morgan fingerprint density at radius 3 is 2.69 bits per heavy atom. The third-order valence-electron chi connectivity index (χ3n) is 1.54. The van der Waals surface area contributed by atoms with Crippen molar-refractivity contribution in [1.29, 1.82) is 0 Å². The summed E-state index contributed by atoms with van der Waals surface area (Å²) in [6.45, 7) is 1.65. The van der Waals surface area contributed by atoms with E-state index >= 15 is 0 Å². The van der Waals surface area contributed by atoms with Gasteiger partial charge in [-0.15, -0.1) is 0 Å². The number of nitrogens with one attached hydrogen (secondary N) is 1. The molecule has 3 nitrogen and oxygen atoms in total. The molecule has 0 aliphatic carbocycles. The van der Waals surface area contributed by atoms with Gasteiger partial charge in [0, 0.05) is 10.2 Å². The molecule has 0 aliphatic rings. The standard InChI is InChI=1S/C8H10BrNO2S/c1-6(13(11)12)10-8-5-3-2-4-7(8)9/h2-6,10H,1H3,(H,11,12). The van der Waals surface area contributed by atoms with Crippen molar-refractivity contribution in [3.63, 3.8) is 0 Å². The predicted molar refractivity (Wildman–Crippen MR) is 58.0 cm³/mol. The van der Waals surface area contributed by atoms with Gasteiger partial charge in [0.15, 0.2) is 11.1 Å². The van der Waals surface area contributed by atoms with Crippen LogP contribution in [0.15, 0.2) is 28.7 Å². The van der Waals surface area contributed by atoms with Gasteiger partial charge in [-0.25, -0.2) is 4.21 Å². The Kier molecular flexibility index (Phi) is 3.90. The van der Waals surface area contributed by atoms with Crippen LogP contribution < -0.4 is 5.32 Å². The van der Waals surface area contributed by atoms with E-state index in [1.807, 2.05) is 24.3 Å². The molecule has 2 N–H and O–H groups in total. The van der Waals surface area contributed by atoms with E-state index in [0.717, 1.165) is 10.2 Å². The van der Waals surface area contributed by atoms with Crippen molar-refractivity contribution in [3.8, 4) is 0 Å². The topological polar surface area (TPSA) is 49.3 Å². The summed E-state index contributed by atoms with van der Waals surface area (Å²) in [5.74, 6) is 0. The Labute approximate surface area is 88.0 Å². The van der Waals surface area contributed by atoms with Gasteiger partial charge in [-0.3, -0.25) is 0 Å². The first-order valence-corrected chi connectivity index (χ1v) is 5.68. The van der Waals surface area contributed by atoms with Crippen molar-refractivity contribution in [3.05, 3.63) is 28.7 Å². The van der Waals surface area contributed by atoms with Gasteiger partial charge in [-0.2, -0.15) is 0 Å². The summed E-state index contributed by atoms with van der Waals surface area (Å²) in [5, 5.41) is 2.44. The molecule has 72 valence electrons. The first kappa shape index (κ1) is 10.7. The van der Waals surface area contributed by atoms with Crippen LogP contribution in [0.2, 0.25) is 0 Å². The Morgan fingerprint density at radius 1 is 1.54 bits per heavy atom. The number of hydrogen-bond donors (Lipinski definition) is 2. The molecule has 0 aliphatic heterocycles. The quantitative estimate of drug-likeness (QED) is 0.824. The summed E-state index contributed by atoms with van der Waals surface area (Å²) in [4.78, 5) is 0. The maximum absolute atomic E-state index is 10.6. The first-order chi connectivity index (χ1) is 6.11. The molecule has 1 aromatic rings. The fourth-order valence-electron chi connectivity index (χ4n) is 0.848. The summed E-state index contributed by atoms with van der Waals surface area (Å²) >= 11 is 1.48. The highest BCUT2D eigenvalue weighted by atomic mass is 79.9. The molecule has 0 amide bonds. The molecule has 0 bridgehead atoms. The van der Waals surface area contributed by atoms with E-state index in [4.69, 9.17) is 4.55 Å². The second kappa shape index (κ2) is 4.74. The third-order valence-corrected chi connectivity index (χ3v) is 2.95. The molecular formula is C8H10BrNO2S. The maximum atomic E-state index is 10.6. The van der Waals surface area contributed by atoms with Gasteiger partial charge in [0.1, 0.15) is 5.37 Å². The third kappa shape index (κ3) is 3.10. The molecule has 0 saturated heterocycles. The molecule has 0 radical (unpaired) electrons. The minimum Gasteiger partial charge on any atom is -0.369 e. The molecule has 0 heterocycles. The highest BCUT2D eigenvalue weighted by Gasteiger charge is 2.08. The van der Waals surface area contributed by atoms with Gasteiger partial charge in [0.05, 0.1) is 0 Å². The van der Waals surface area contributed by atoms with Crippen LogP contribution in [0.3, 0.4) is 0 Å². The van der Waals surface area contributed by atoms with Crippen molar-refractivity contribution < 1.29 is 8.76 Å². The highest BCUT2D eigenvalue weighted by molar-refractivity contribution is 9.10. The van der Waals surface area contributed by atoms with E-state index < -0.39 is 16.5 Å². The van der Waals surface area contributed by atoms with Crippen LogP contribution >= 0.6 is 15.9 Å². The van der Waals surface area contributed by atoms with Crippen LogP contribution in [0.25, 0.3) is 0 Å². The highest BCUT2D eigenvalue weighted by Crippen LogP contribution is 2.22. The van der Waals surface area contributed by atoms with E-state index in [2.05, 4.69) is 21.2 Å². The SMILES string of the molecule is CC(Nc1ccccc1Br)S(=O)O. The zero-order valence-corrected chi connectivity index (χ0v) is 9.43. The minimum absolute atomic E-state index is 0.473. The van der Waals surface area contributed by atoms with Gasteiger partial charge in [-0.1, -0.05) is 12.1 Å². The van der Waals surface area contributed by atoms with Gasteiger partial charge in [0.25, 0.3) is 0 Å². The number of anilines is 1. The molecule has 0 fully saturated rings. The van der Waals surface area contributed by atoms with E-state index in [9.17, 15) is 4.21 Å². The van der Waals surface area contributed by atoms with Crippen molar-refractivity contribution in [2.45, 2.75) is 12.3 Å². The summed E-state index contributed by atoms with van der Waals surface area (Å²) < 4.78 is 20.3. The van der Waals surface area contributed by atoms with Crippen molar-refractivity contribution >= 4 is 32.7 Å². The lowest BCUT2D eigenvalue weighted by Crippen LogP contribution is -2.20. The zero-order valence-electron chi connectivity index (χ0n) is 7.03. The maximum Gasteiger partial charge on any atom is 0.175 e. The monoisotopic (exact) mass is 263 g/mol. The van der Waals surface area contributed by atoms with Crippen molar-refractivity contribution in [2.24, 2.45) is 0 Å². The number of rotatable bonds is 3. The first-order valence-electron chi connectivity index (χ1n) is 3.72. The van der Waals surface area contributed by atoms with Gasteiger partial charge < -0.3 is 9.87 Å². The van der Waals surface area contributed by atoms with E-state index in [-0.39, 0.29) is 0 Å². The second-order valence-electron chi connectivity index (χ2n) is 2.54. The average Bonchev–Trinajstić information content (AvgIpc) is 2.08. The molecule has 13 heavy (non-hydrogen) atoms. The summed E-state index contributed by atoms with van der Waals surface area (Å²) in [6.07, 6.45) is 0. The van der Waals surface area contributed by atoms with Crippen molar-refractivity contribution in [1.82, 2.24) is 0 Å². The van der Waals surface area contributed by atoms with Gasteiger partial charge in [0.2, 0.25) is 0 Å². The van der Waals surface area contributed by atoms with Crippen LogP contribution in [-0.2, 0) is 11.1 Å². The van der Waals surface area contributed by atoms with Crippen LogP contribution in [0.1, 0.15) is 6.92 Å². The fraction of sp³-hybridized carbons (Fsp3) is 0.250. The van der Waals surface area contributed by atoms with E-state index in [1.54, 1.807) is 6.92 Å². The molecule has 0 aromatic heterocycles. The predicted octanol–water partition coefficient (Wildman–Crippen LogP) is 2.43. The van der Waals surface area contributed by atoms with Crippen LogP contribution in [0, 0.1) is 0 Å². The minimum atomic E-state index is -1.85. The molecule has 2 atom stereocenters. The average molecular weight is 264 g/mol. The van der Waals surface area contributed by atoms with Gasteiger partial charge >= 0.3 is 0 Å². The molecule has 0 spiro atoms. The van der Waals surface area contributed by atoms with Gasteiger partial charge in [-0.05, 0) is 35.0 Å². The van der Waals surface area contributed by atoms with Crippen LogP contribution in [0.4, 0.5) is 5.69 Å². The van der Waals surface area contributed by atoms with Crippen molar-refractivity contribution in [2.75, 3.05) is 5.32 Å². The lowest BCUT2D eigenvalue weighted by molar-refractivity contribution is 0.556. The molecule has 0 saturated carbocycles. The summed E-state index contributed by atoms with van der Waals surface area (Å²) in [5.41, 5.74) is 0.817. The van der Waals surface area contributed by atoms with Crippen LogP contribution in [-0.4, -0.2) is 14.1 Å². The lowest BCUT2D eigenvalue weighted by Gasteiger charge is -2.12. The Hall–Kier alpha value is -0.390. The molecule has 1 rings (SSSR count). The van der Waals surface area contributed by atoms with E-state index in [0.29, 0.717) is 0 Å². The number of para-hydroxylation sites is 1. The lowest BCUT2D eigenvalue weighted by atomic mass is 10.3. The Morgan fingerprint density at radius 2 is 2.15 bits per heavy atom. The largest absolute Gasteiger partial charge is 0.369 e. The molecular weight excluding hydrogens is 254 g/mol. The fourth-order valence-corrected chi connectivity index (χ4v) is 1.47. The molecule has 2 unspecified atom stereocenters. The number of hydrogen-bond acceptors (Lipinski definition) is 2. The normalized spacial score (nSPS) is 15.0. The Bertz CT molecular complexity index is 319. The number of benzene rings is 1. The number of halogens is 1. The summed E-state index contributed by atoms with van der Waals surface area (Å²) in [6, 6.07) is 7.46. The smallest absolute Gasteiger partial charge is 0.175 e. The second-order valence-corrected chi connectivity index (χ2v) is 4.66.